The number of anilines is 1. The van der Waals surface area contributed by atoms with Gasteiger partial charge in [-0.25, -0.2) is 9.78 Å². The first-order chi connectivity index (χ1) is 8.58. The van der Waals surface area contributed by atoms with E-state index in [4.69, 9.17) is 21.8 Å². The maximum atomic E-state index is 10.9. The first-order valence-electron chi connectivity index (χ1n) is 5.82. The van der Waals surface area contributed by atoms with Gasteiger partial charge in [0.25, 0.3) is 0 Å². The number of halogens is 1. The van der Waals surface area contributed by atoms with Crippen LogP contribution in [0.5, 0.6) is 0 Å². The second kappa shape index (κ2) is 7.18. The number of hydrogen-bond acceptors (Lipinski definition) is 4. The van der Waals surface area contributed by atoms with Crippen LogP contribution in [0.25, 0.3) is 0 Å². The molecule has 0 fully saturated rings. The van der Waals surface area contributed by atoms with Gasteiger partial charge in [0, 0.05) is 19.3 Å². The largest absolute Gasteiger partial charge is 0.478 e. The van der Waals surface area contributed by atoms with Gasteiger partial charge in [0.05, 0.1) is 10.6 Å². The van der Waals surface area contributed by atoms with Crippen LogP contribution in [0.1, 0.15) is 30.1 Å². The van der Waals surface area contributed by atoms with Crippen molar-refractivity contribution in [3.05, 3.63) is 22.8 Å². The van der Waals surface area contributed by atoms with Gasteiger partial charge in [-0.05, 0) is 18.4 Å². The molecule has 0 aliphatic rings. The molecule has 0 saturated carbocycles. The molecule has 0 aliphatic heterocycles. The number of nitrogens with one attached hydrogen (secondary N) is 1. The molecular formula is C12H17ClN2O3. The quantitative estimate of drug-likeness (QED) is 0.709. The van der Waals surface area contributed by atoms with Gasteiger partial charge in [-0.15, -0.1) is 0 Å². The molecule has 6 heteroatoms. The summed E-state index contributed by atoms with van der Waals surface area (Å²) in [6, 6.07) is 1.41. The number of pyridine rings is 1. The van der Waals surface area contributed by atoms with E-state index in [9.17, 15) is 4.79 Å². The summed E-state index contributed by atoms with van der Waals surface area (Å²) in [5.41, 5.74) is 0.0318. The third kappa shape index (κ3) is 4.16. The highest BCUT2D eigenvalue weighted by Crippen LogP contribution is 2.18. The fourth-order valence-electron chi connectivity index (χ4n) is 1.58. The van der Waals surface area contributed by atoms with E-state index < -0.39 is 5.97 Å². The maximum absolute atomic E-state index is 10.9. The molecule has 0 aromatic carbocycles. The minimum atomic E-state index is -1.08. The van der Waals surface area contributed by atoms with Gasteiger partial charge in [-0.2, -0.15) is 0 Å². The fraction of sp³-hybridized carbons (Fsp3) is 0.500. The highest BCUT2D eigenvalue weighted by molar-refractivity contribution is 6.33. The van der Waals surface area contributed by atoms with Crippen LogP contribution in [-0.4, -0.2) is 34.3 Å². The van der Waals surface area contributed by atoms with E-state index in [2.05, 4.69) is 10.3 Å². The number of aromatic nitrogens is 1. The zero-order chi connectivity index (χ0) is 13.5. The van der Waals surface area contributed by atoms with Crippen molar-refractivity contribution in [2.24, 2.45) is 5.92 Å². The minimum Gasteiger partial charge on any atom is -0.478 e. The van der Waals surface area contributed by atoms with Crippen molar-refractivity contribution in [3.8, 4) is 0 Å². The van der Waals surface area contributed by atoms with Crippen LogP contribution in [0.2, 0.25) is 5.02 Å². The van der Waals surface area contributed by atoms with Crippen LogP contribution in [0.3, 0.4) is 0 Å². The van der Waals surface area contributed by atoms with Crippen LogP contribution in [-0.2, 0) is 0 Å². The number of carbonyl (C=O) groups is 1. The number of aliphatic hydroxyl groups excluding tert-OH is 1. The third-order valence-electron chi connectivity index (χ3n) is 2.77. The number of rotatable bonds is 7. The maximum Gasteiger partial charge on any atom is 0.337 e. The summed E-state index contributed by atoms with van der Waals surface area (Å²) in [5, 5.41) is 21.0. The molecule has 0 amide bonds. The molecule has 0 saturated heterocycles. The summed E-state index contributed by atoms with van der Waals surface area (Å²) in [6.07, 6.45) is 2.97. The second-order valence-corrected chi connectivity index (χ2v) is 4.43. The van der Waals surface area contributed by atoms with E-state index in [1.165, 1.54) is 12.3 Å². The standard InChI is InChI=1S/C12H17ClN2O3/c1-2-8(3-4-16)6-14-11-5-9(12(17)18)10(13)7-15-11/h5,7-8,16H,2-4,6H2,1H3,(H,14,15)(H,17,18). The van der Waals surface area contributed by atoms with Gasteiger partial charge in [0.15, 0.2) is 0 Å². The lowest BCUT2D eigenvalue weighted by Crippen LogP contribution is -2.16. The zero-order valence-corrected chi connectivity index (χ0v) is 10.9. The molecule has 1 aromatic rings. The molecule has 100 valence electrons. The zero-order valence-electron chi connectivity index (χ0n) is 10.2. The Hall–Kier alpha value is -1.33. The number of nitrogens with zero attached hydrogens (tertiary/aromatic N) is 1. The van der Waals surface area contributed by atoms with Crippen LogP contribution >= 0.6 is 11.6 Å². The van der Waals surface area contributed by atoms with Gasteiger partial charge < -0.3 is 15.5 Å². The Morgan fingerprint density at radius 1 is 1.61 bits per heavy atom. The predicted molar refractivity (Wildman–Crippen MR) is 70.2 cm³/mol. The molecular weight excluding hydrogens is 256 g/mol. The summed E-state index contributed by atoms with van der Waals surface area (Å²) in [5.74, 6) is -0.262. The van der Waals surface area contributed by atoms with Crippen LogP contribution in [0, 0.1) is 5.92 Å². The molecule has 1 unspecified atom stereocenters. The topological polar surface area (TPSA) is 82.5 Å². The summed E-state index contributed by atoms with van der Waals surface area (Å²) in [7, 11) is 0. The molecule has 1 heterocycles. The second-order valence-electron chi connectivity index (χ2n) is 4.02. The average molecular weight is 273 g/mol. The van der Waals surface area contributed by atoms with Crippen molar-refractivity contribution in [2.45, 2.75) is 19.8 Å². The highest BCUT2D eigenvalue weighted by Gasteiger charge is 2.11. The number of hydrogen-bond donors (Lipinski definition) is 3. The first-order valence-corrected chi connectivity index (χ1v) is 6.19. The lowest BCUT2D eigenvalue weighted by Gasteiger charge is -2.15. The number of carboxylic acid groups (broad SMARTS) is 1. The van der Waals surface area contributed by atoms with E-state index in [1.807, 2.05) is 6.92 Å². The average Bonchev–Trinajstić information content (AvgIpc) is 2.35. The smallest absolute Gasteiger partial charge is 0.337 e. The van der Waals surface area contributed by atoms with Crippen molar-refractivity contribution in [2.75, 3.05) is 18.5 Å². The van der Waals surface area contributed by atoms with E-state index in [-0.39, 0.29) is 17.2 Å². The summed E-state index contributed by atoms with van der Waals surface area (Å²) in [4.78, 5) is 14.9. The fourth-order valence-corrected chi connectivity index (χ4v) is 1.77. The summed E-state index contributed by atoms with van der Waals surface area (Å²) in [6.45, 7) is 2.83. The molecule has 1 rings (SSSR count). The Labute approximate surface area is 111 Å². The molecule has 5 nitrogen and oxygen atoms in total. The Bertz CT molecular complexity index is 412. The first kappa shape index (κ1) is 14.7. The summed E-state index contributed by atoms with van der Waals surface area (Å²) >= 11 is 5.73. The molecule has 1 atom stereocenters. The van der Waals surface area contributed by atoms with Crippen molar-refractivity contribution < 1.29 is 15.0 Å². The van der Waals surface area contributed by atoms with Crippen molar-refractivity contribution in [1.29, 1.82) is 0 Å². The van der Waals surface area contributed by atoms with E-state index in [0.717, 1.165) is 6.42 Å². The van der Waals surface area contributed by atoms with Crippen molar-refractivity contribution in [1.82, 2.24) is 4.98 Å². The molecule has 0 bridgehead atoms. The van der Waals surface area contributed by atoms with Gasteiger partial charge in [0.2, 0.25) is 0 Å². The van der Waals surface area contributed by atoms with Crippen LogP contribution < -0.4 is 5.32 Å². The third-order valence-corrected chi connectivity index (χ3v) is 3.07. The number of carboxylic acids is 1. The van der Waals surface area contributed by atoms with Gasteiger partial charge in [-0.1, -0.05) is 24.9 Å². The van der Waals surface area contributed by atoms with E-state index in [1.54, 1.807) is 0 Å². The molecule has 0 aliphatic carbocycles. The van der Waals surface area contributed by atoms with E-state index in [0.29, 0.717) is 24.7 Å². The highest BCUT2D eigenvalue weighted by atomic mass is 35.5. The SMILES string of the molecule is CCC(CCO)CNc1cc(C(=O)O)c(Cl)cn1. The Kier molecular flexibility index (Phi) is 5.88. The van der Waals surface area contributed by atoms with Gasteiger partial charge in [0.1, 0.15) is 5.82 Å². The molecule has 18 heavy (non-hydrogen) atoms. The Morgan fingerprint density at radius 2 is 2.33 bits per heavy atom. The normalized spacial score (nSPS) is 12.2. The lowest BCUT2D eigenvalue weighted by molar-refractivity contribution is 0.0697. The number of aromatic carboxylic acids is 1. The summed E-state index contributed by atoms with van der Waals surface area (Å²) < 4.78 is 0. The molecule has 1 aromatic heterocycles. The van der Waals surface area contributed by atoms with Crippen LogP contribution in [0.4, 0.5) is 5.82 Å². The predicted octanol–water partition coefficient (Wildman–Crippen LogP) is 2.25. The molecule has 0 spiro atoms. The van der Waals surface area contributed by atoms with Crippen molar-refractivity contribution in [3.63, 3.8) is 0 Å². The Balaban J connectivity index is 2.67. The number of aliphatic hydroxyl groups is 1. The monoisotopic (exact) mass is 272 g/mol. The molecule has 0 radical (unpaired) electrons. The van der Waals surface area contributed by atoms with Crippen LogP contribution in [0.15, 0.2) is 12.3 Å². The Morgan fingerprint density at radius 3 is 2.89 bits per heavy atom. The molecule has 3 N–H and O–H groups in total. The van der Waals surface area contributed by atoms with Crippen molar-refractivity contribution >= 4 is 23.4 Å². The lowest BCUT2D eigenvalue weighted by atomic mass is 10.0. The van der Waals surface area contributed by atoms with E-state index >= 15 is 0 Å². The van der Waals surface area contributed by atoms with Gasteiger partial charge >= 0.3 is 5.97 Å². The van der Waals surface area contributed by atoms with Gasteiger partial charge in [-0.3, -0.25) is 0 Å². The minimum absolute atomic E-state index is 0.0318.